The Hall–Kier alpha value is -3.73. The van der Waals surface area contributed by atoms with Gasteiger partial charge in [-0.05, 0) is 68.3 Å². The average Bonchev–Trinajstić information content (AvgIpc) is 3.20. The van der Waals surface area contributed by atoms with Gasteiger partial charge in [-0.3, -0.25) is 4.79 Å². The lowest BCUT2D eigenvalue weighted by atomic mass is 10.1. The first-order valence-electron chi connectivity index (χ1n) is 10.2. The second-order valence-corrected chi connectivity index (χ2v) is 7.73. The molecule has 0 fully saturated rings. The first kappa shape index (κ1) is 20.5. The Morgan fingerprint density at radius 2 is 1.68 bits per heavy atom. The number of rotatable bonds is 5. The summed E-state index contributed by atoms with van der Waals surface area (Å²) in [6.45, 7) is 5.97. The lowest BCUT2D eigenvalue weighted by molar-refractivity contribution is 0.0932. The van der Waals surface area contributed by atoms with Gasteiger partial charge in [0.05, 0.1) is 17.4 Å². The number of nitrogens with zero attached hydrogens (tertiary/aromatic N) is 2. The van der Waals surface area contributed by atoms with Crippen molar-refractivity contribution in [2.24, 2.45) is 0 Å². The normalized spacial score (nSPS) is 11.9. The van der Waals surface area contributed by atoms with Crippen LogP contribution in [0.4, 0.5) is 4.39 Å². The molecule has 156 valence electrons. The predicted molar refractivity (Wildman–Crippen MR) is 121 cm³/mol. The van der Waals surface area contributed by atoms with Crippen LogP contribution >= 0.6 is 0 Å². The maximum Gasteiger partial charge on any atom is 0.270 e. The third kappa shape index (κ3) is 4.40. The van der Waals surface area contributed by atoms with Crippen LogP contribution in [0.15, 0.2) is 78.9 Å². The molecule has 0 unspecified atom stereocenters. The number of benzene rings is 3. The van der Waals surface area contributed by atoms with Crippen molar-refractivity contribution in [3.05, 3.63) is 107 Å². The third-order valence-corrected chi connectivity index (χ3v) is 5.31. The number of carbonyl (C=O) groups excluding carboxylic acids is 1. The van der Waals surface area contributed by atoms with Crippen molar-refractivity contribution in [2.75, 3.05) is 0 Å². The van der Waals surface area contributed by atoms with E-state index in [4.69, 9.17) is 5.10 Å². The van der Waals surface area contributed by atoms with Crippen LogP contribution in [-0.2, 0) is 0 Å². The van der Waals surface area contributed by atoms with Crippen LogP contribution in [0.3, 0.4) is 0 Å². The second-order valence-electron chi connectivity index (χ2n) is 7.73. The summed E-state index contributed by atoms with van der Waals surface area (Å²) in [5.41, 5.74) is 5.78. The predicted octanol–water partition coefficient (Wildman–Crippen LogP) is 5.79. The van der Waals surface area contributed by atoms with Crippen LogP contribution in [0, 0.1) is 19.7 Å². The smallest absolute Gasteiger partial charge is 0.270 e. The largest absolute Gasteiger partial charge is 0.344 e. The zero-order chi connectivity index (χ0) is 22.0. The molecule has 1 N–H and O–H groups in total. The highest BCUT2D eigenvalue weighted by Gasteiger charge is 2.20. The molecule has 0 aliphatic heterocycles. The first-order chi connectivity index (χ1) is 14.9. The van der Waals surface area contributed by atoms with Gasteiger partial charge in [0.1, 0.15) is 11.5 Å². The van der Waals surface area contributed by atoms with E-state index in [2.05, 4.69) is 11.4 Å². The van der Waals surface area contributed by atoms with Crippen molar-refractivity contribution >= 4 is 5.91 Å². The van der Waals surface area contributed by atoms with Crippen molar-refractivity contribution in [3.8, 4) is 16.9 Å². The SMILES string of the molecule is Cc1ccc(-n2nc(-c3ccc(F)cc3)cc2C(=O)N[C@@H](C)c2ccccc2)c(C)c1. The topological polar surface area (TPSA) is 46.9 Å². The molecule has 3 aromatic carbocycles. The highest BCUT2D eigenvalue weighted by atomic mass is 19.1. The Morgan fingerprint density at radius 1 is 0.968 bits per heavy atom. The zero-order valence-corrected chi connectivity index (χ0v) is 17.8. The van der Waals surface area contributed by atoms with Gasteiger partial charge < -0.3 is 5.32 Å². The van der Waals surface area contributed by atoms with Crippen molar-refractivity contribution < 1.29 is 9.18 Å². The fraction of sp³-hybridized carbons (Fsp3) is 0.154. The lowest BCUT2D eigenvalue weighted by Gasteiger charge is -2.15. The molecule has 0 saturated carbocycles. The summed E-state index contributed by atoms with van der Waals surface area (Å²) in [5, 5.41) is 7.77. The molecule has 4 nitrogen and oxygen atoms in total. The number of amides is 1. The summed E-state index contributed by atoms with van der Waals surface area (Å²) in [6.07, 6.45) is 0. The summed E-state index contributed by atoms with van der Waals surface area (Å²) in [5.74, 6) is -0.538. The average molecular weight is 413 g/mol. The quantitative estimate of drug-likeness (QED) is 0.450. The molecule has 5 heteroatoms. The fourth-order valence-electron chi connectivity index (χ4n) is 3.63. The highest BCUT2D eigenvalue weighted by Crippen LogP contribution is 2.25. The van der Waals surface area contributed by atoms with E-state index in [9.17, 15) is 9.18 Å². The Bertz CT molecular complexity index is 1210. The van der Waals surface area contributed by atoms with Crippen LogP contribution < -0.4 is 5.32 Å². The van der Waals surface area contributed by atoms with Crippen LogP contribution in [0.25, 0.3) is 16.9 Å². The van der Waals surface area contributed by atoms with Crippen LogP contribution in [-0.4, -0.2) is 15.7 Å². The molecule has 0 aliphatic rings. The Kier molecular flexibility index (Phi) is 5.67. The van der Waals surface area contributed by atoms with E-state index in [1.165, 1.54) is 12.1 Å². The summed E-state index contributed by atoms with van der Waals surface area (Å²) >= 11 is 0. The number of aromatic nitrogens is 2. The minimum absolute atomic E-state index is 0.162. The van der Waals surface area contributed by atoms with E-state index < -0.39 is 0 Å². The molecule has 1 amide bonds. The molecule has 1 heterocycles. The zero-order valence-electron chi connectivity index (χ0n) is 17.8. The molecule has 0 radical (unpaired) electrons. The number of nitrogens with one attached hydrogen (secondary N) is 1. The summed E-state index contributed by atoms with van der Waals surface area (Å²) in [4.78, 5) is 13.3. The number of carbonyl (C=O) groups is 1. The molecule has 4 rings (SSSR count). The molecule has 1 atom stereocenters. The monoisotopic (exact) mass is 413 g/mol. The van der Waals surface area contributed by atoms with Gasteiger partial charge in [0.15, 0.2) is 0 Å². The highest BCUT2D eigenvalue weighted by molar-refractivity contribution is 5.94. The van der Waals surface area contributed by atoms with Crippen molar-refractivity contribution in [1.29, 1.82) is 0 Å². The molecule has 0 saturated heterocycles. The van der Waals surface area contributed by atoms with E-state index >= 15 is 0 Å². The number of hydrogen-bond acceptors (Lipinski definition) is 2. The standard InChI is InChI=1S/C26H24FN3O/c1-17-9-14-24(18(2)15-17)30-25(16-23(29-30)21-10-12-22(27)13-11-21)26(31)28-19(3)20-7-5-4-6-8-20/h4-16,19H,1-3H3,(H,28,31)/t19-/m0/s1. The van der Waals surface area contributed by atoms with Gasteiger partial charge in [0, 0.05) is 5.56 Å². The van der Waals surface area contributed by atoms with E-state index in [1.54, 1.807) is 22.9 Å². The summed E-state index contributed by atoms with van der Waals surface area (Å²) < 4.78 is 15.1. The minimum Gasteiger partial charge on any atom is -0.344 e. The molecule has 31 heavy (non-hydrogen) atoms. The van der Waals surface area contributed by atoms with Gasteiger partial charge in [-0.2, -0.15) is 5.10 Å². The van der Waals surface area contributed by atoms with Gasteiger partial charge in [-0.25, -0.2) is 9.07 Å². The lowest BCUT2D eigenvalue weighted by Crippen LogP contribution is -2.28. The number of halogens is 1. The maximum absolute atomic E-state index is 13.4. The van der Waals surface area contributed by atoms with Gasteiger partial charge >= 0.3 is 0 Å². The molecule has 0 bridgehead atoms. The first-order valence-corrected chi connectivity index (χ1v) is 10.2. The summed E-state index contributed by atoms with van der Waals surface area (Å²) in [7, 11) is 0. The van der Waals surface area contributed by atoms with Crippen LogP contribution in [0.2, 0.25) is 0 Å². The Morgan fingerprint density at radius 3 is 2.35 bits per heavy atom. The van der Waals surface area contributed by atoms with Crippen LogP contribution in [0.5, 0.6) is 0 Å². The van der Waals surface area contributed by atoms with Crippen LogP contribution in [0.1, 0.15) is 40.1 Å². The molecular formula is C26H24FN3O. The third-order valence-electron chi connectivity index (χ3n) is 5.31. The van der Waals surface area contributed by atoms with Gasteiger partial charge in [-0.15, -0.1) is 0 Å². The van der Waals surface area contributed by atoms with Crippen molar-refractivity contribution in [1.82, 2.24) is 15.1 Å². The van der Waals surface area contributed by atoms with E-state index in [0.717, 1.165) is 27.9 Å². The molecule has 1 aromatic heterocycles. The van der Waals surface area contributed by atoms with Crippen molar-refractivity contribution in [3.63, 3.8) is 0 Å². The van der Waals surface area contributed by atoms with E-state index in [-0.39, 0.29) is 17.8 Å². The maximum atomic E-state index is 13.4. The minimum atomic E-state index is -0.313. The summed E-state index contributed by atoms with van der Waals surface area (Å²) in [6, 6.07) is 23.5. The number of hydrogen-bond donors (Lipinski definition) is 1. The Labute approximate surface area is 181 Å². The van der Waals surface area contributed by atoms with Gasteiger partial charge in [0.25, 0.3) is 5.91 Å². The van der Waals surface area contributed by atoms with E-state index in [1.807, 2.05) is 63.2 Å². The Balaban J connectivity index is 1.75. The molecule has 4 aromatic rings. The second kappa shape index (κ2) is 8.56. The fourth-order valence-corrected chi connectivity index (χ4v) is 3.63. The molecular weight excluding hydrogens is 389 g/mol. The van der Waals surface area contributed by atoms with Crippen molar-refractivity contribution in [2.45, 2.75) is 26.8 Å². The molecule has 0 aliphatic carbocycles. The van der Waals surface area contributed by atoms with Gasteiger partial charge in [0.2, 0.25) is 0 Å². The molecule has 0 spiro atoms. The van der Waals surface area contributed by atoms with E-state index in [0.29, 0.717) is 11.4 Å². The number of aryl methyl sites for hydroxylation is 2. The van der Waals surface area contributed by atoms with Gasteiger partial charge in [-0.1, -0.05) is 48.0 Å².